The summed E-state index contributed by atoms with van der Waals surface area (Å²) in [7, 11) is -9.10. The number of ketones is 1. The third kappa shape index (κ3) is 31.6. The van der Waals surface area contributed by atoms with E-state index in [1.807, 2.05) is 66.4 Å². The number of hydrogen-bond donors (Lipinski definition) is 14. The highest BCUT2D eigenvalue weighted by molar-refractivity contribution is 7.86. The van der Waals surface area contributed by atoms with Crippen molar-refractivity contribution in [3.8, 4) is 0 Å². The Bertz CT molecular complexity index is 4280. The largest absolute Gasteiger partial charge is 0.481 e. The van der Waals surface area contributed by atoms with Crippen molar-refractivity contribution in [2.75, 3.05) is 44.3 Å². The van der Waals surface area contributed by atoms with Crippen molar-refractivity contribution in [1.82, 2.24) is 42.1 Å². The van der Waals surface area contributed by atoms with Crippen LogP contribution >= 0.6 is 0 Å². The second-order valence-electron chi connectivity index (χ2n) is 29.3. The van der Waals surface area contributed by atoms with Crippen molar-refractivity contribution in [3.05, 3.63) is 101 Å². The lowest BCUT2D eigenvalue weighted by atomic mass is 9.77. The second kappa shape index (κ2) is 45.5. The number of ether oxygens (including phenoxy) is 1. The molecule has 2 aromatic carbocycles. The Kier molecular flexibility index (Phi) is 38.3. The number of unbranched alkanes of at least 4 members (excludes halogenated alkanes) is 2. The monoisotopic (exact) mass is 1650 g/mol. The van der Waals surface area contributed by atoms with Crippen molar-refractivity contribution in [3.63, 3.8) is 0 Å². The lowest BCUT2D eigenvalue weighted by molar-refractivity contribution is -0.142. The van der Waals surface area contributed by atoms with Crippen LogP contribution in [0.25, 0.3) is 0 Å². The molecule has 115 heavy (non-hydrogen) atoms. The molecule has 0 unspecified atom stereocenters. The molecule has 1 fully saturated rings. The molecule has 0 bridgehead atoms. The molecular formula is C77H108N10O26S2. The first-order chi connectivity index (χ1) is 53.8. The Morgan fingerprint density at radius 2 is 1.08 bits per heavy atom. The van der Waals surface area contributed by atoms with Crippen molar-refractivity contribution >= 4 is 115 Å². The zero-order valence-corrected chi connectivity index (χ0v) is 67.6. The molecule has 1 saturated heterocycles. The molecule has 4 rings (SSSR count). The van der Waals surface area contributed by atoms with Crippen molar-refractivity contribution in [2.24, 2.45) is 10.9 Å². The molecule has 36 nitrogen and oxygen atoms in total. The lowest BCUT2D eigenvalue weighted by Crippen LogP contribution is -2.59. The maximum Gasteiger partial charge on any atom is 0.303 e. The number of allylic oxidation sites excluding steroid dienone is 8. The van der Waals surface area contributed by atoms with Gasteiger partial charge in [0.05, 0.1) is 22.4 Å². The second-order valence-corrected chi connectivity index (χ2v) is 32.1. The number of Topliss-reactive ketones (excluding diaryl/α,β-unsaturated/α-hetero) is 1. The Balaban J connectivity index is 1.47. The fourth-order valence-corrected chi connectivity index (χ4v) is 14.0. The number of nitrogens with zero attached hydrogens (tertiary/aromatic N) is 3. The number of anilines is 1. The van der Waals surface area contributed by atoms with Crippen LogP contribution < -0.4 is 42.1 Å². The van der Waals surface area contributed by atoms with Gasteiger partial charge in [-0.2, -0.15) is 16.8 Å². The Morgan fingerprint density at radius 3 is 1.56 bits per heavy atom. The number of benzene rings is 2. The average molecular weight is 1650 g/mol. The minimum atomic E-state index is -4.62. The molecule has 0 aliphatic carbocycles. The minimum Gasteiger partial charge on any atom is -0.481 e. The third-order valence-electron chi connectivity index (χ3n) is 19.1. The number of carboxylic acids is 5. The normalized spacial score (nSPS) is 16.3. The van der Waals surface area contributed by atoms with Crippen LogP contribution in [0.15, 0.2) is 99.4 Å². The maximum atomic E-state index is 14.2. The zero-order chi connectivity index (χ0) is 86.3. The van der Waals surface area contributed by atoms with Crippen LogP contribution in [0.2, 0.25) is 0 Å². The SMILES string of the molecule is CCN=C(/C=C/C=C/C=C/C=C1/N(CCCCCC(=O)N[C@H](CCC(=O)O)C(=O)N[C@H](CCC(=O)O)C(=O)N[C@H](CCC(=O)O)C(=O)N[C@H](CCC(=O)O)C(=O)N[C@H](CCC(=O)O)C(=O)NCCOCC(=O)N2CCC[C@H]2C(=O)N[C@@H](CC(C)C)C(C)=O)c2ccc(S(=O)(=O)O)cc2C1(C)C)C(C)(C)c1cc(S(=O)(=O)O)ccc1C. The summed E-state index contributed by atoms with van der Waals surface area (Å²) in [6.07, 6.45) is 6.98. The van der Waals surface area contributed by atoms with Crippen LogP contribution in [0.1, 0.15) is 181 Å². The Labute approximate surface area is 667 Å². The van der Waals surface area contributed by atoms with Gasteiger partial charge in [-0.25, -0.2) is 0 Å². The molecular weight excluding hydrogens is 1550 g/mol. The number of aliphatic imine (C=N–C) groups is 1. The summed E-state index contributed by atoms with van der Waals surface area (Å²) >= 11 is 0. The summed E-state index contributed by atoms with van der Waals surface area (Å²) in [5.41, 5.74) is 2.36. The zero-order valence-electron chi connectivity index (χ0n) is 65.9. The number of amides is 8. The van der Waals surface area contributed by atoms with E-state index in [1.54, 1.807) is 48.6 Å². The summed E-state index contributed by atoms with van der Waals surface area (Å²) in [6.45, 7) is 16.1. The highest BCUT2D eigenvalue weighted by atomic mass is 32.2. The average Bonchev–Trinajstić information content (AvgIpc) is 1.59. The minimum absolute atomic E-state index is 0.0878. The van der Waals surface area contributed by atoms with Crippen LogP contribution in [-0.2, 0) is 103 Å². The van der Waals surface area contributed by atoms with Crippen LogP contribution in [0.5, 0.6) is 0 Å². The molecule has 0 aromatic heterocycles. The van der Waals surface area contributed by atoms with Gasteiger partial charge >= 0.3 is 29.8 Å². The number of hydrogen-bond acceptors (Lipinski definition) is 21. The van der Waals surface area contributed by atoms with Crippen molar-refractivity contribution in [1.29, 1.82) is 0 Å². The quantitative estimate of drug-likeness (QED) is 0.0192. The van der Waals surface area contributed by atoms with E-state index in [0.29, 0.717) is 67.7 Å². The van der Waals surface area contributed by atoms with Gasteiger partial charge in [0.2, 0.25) is 47.3 Å². The fourth-order valence-electron chi connectivity index (χ4n) is 13.0. The molecule has 0 saturated carbocycles. The van der Waals surface area contributed by atoms with E-state index in [9.17, 15) is 119 Å². The van der Waals surface area contributed by atoms with Crippen LogP contribution in [-0.4, -0.2) is 227 Å². The third-order valence-corrected chi connectivity index (χ3v) is 20.8. The van der Waals surface area contributed by atoms with Gasteiger partial charge in [0.15, 0.2) is 5.78 Å². The van der Waals surface area contributed by atoms with E-state index in [0.717, 1.165) is 11.3 Å². The smallest absolute Gasteiger partial charge is 0.303 e. The molecule has 2 aromatic rings. The standard InChI is InChI=1S/C77H108N10O26S2/c1-10-78-61(76(6,7)51-43-49(114(107,108)109)25-24-47(51)4)21-15-12-11-13-16-22-62-77(8,9)52-44-50(115(110,111)112)26-32-59(52)86(62)39-18-14-17-23-63(89)80-54(28-34-66(93)94)71(102)82-56(30-36-68(97)98)73(104)84-57(31-37-69(99)100)74(105)83-55(29-35-67(95)96)72(103)81-53(27-33-65(91)92)70(101)79-38-41-113-45-64(90)87-40-19-20-60(87)75(106)85-58(48(5)88)42-46(2)3/h11-13,15-16,21-22,24-26,32,43-44,46,53-58,60H,10,14,17-20,23,27-31,33-42,45H2,1-9H3,(H,79,101)(H,80,89)(H,81,103)(H,82,102)(H,83,105)(H,84,104)(H,85,106)(H,91,92)(H,93,94)(H,95,96)(H,97,98)(H,99,100)(H,107,108,109)(H,110,111,112)/b12-11+,16-13+,21-15+,62-22+,78-61?/t53-,54-,55-,56-,57-,58+,60+/m1/s1. The van der Waals surface area contributed by atoms with E-state index in [-0.39, 0.29) is 54.0 Å². The number of carbonyl (C=O) groups is 14. The molecule has 2 heterocycles. The topological polar surface area (TPSA) is 561 Å². The van der Waals surface area contributed by atoms with Gasteiger partial charge < -0.3 is 77.3 Å². The summed E-state index contributed by atoms with van der Waals surface area (Å²) < 4.78 is 74.0. The molecule has 0 spiro atoms. The van der Waals surface area contributed by atoms with E-state index in [4.69, 9.17) is 4.74 Å². The number of aliphatic carboxylic acids is 5. The first kappa shape index (κ1) is 96.8. The van der Waals surface area contributed by atoms with E-state index >= 15 is 0 Å². The van der Waals surface area contributed by atoms with Gasteiger partial charge in [-0.05, 0) is 150 Å². The Hall–Kier alpha value is -10.6. The van der Waals surface area contributed by atoms with Crippen molar-refractivity contribution < 1.29 is 123 Å². The highest BCUT2D eigenvalue weighted by Gasteiger charge is 2.42. The molecule has 38 heteroatoms. The number of rotatable bonds is 50. The number of nitrogens with one attached hydrogen (secondary N) is 7. The molecule has 634 valence electrons. The number of fused-ring (bicyclic) bond motifs is 1. The lowest BCUT2D eigenvalue weighted by Gasteiger charge is -2.28. The number of carbonyl (C=O) groups excluding carboxylic acids is 9. The van der Waals surface area contributed by atoms with E-state index in [2.05, 4.69) is 42.2 Å². The maximum absolute atomic E-state index is 14.2. The van der Waals surface area contributed by atoms with Crippen LogP contribution in [0.3, 0.4) is 0 Å². The Morgan fingerprint density at radius 1 is 0.609 bits per heavy atom. The summed E-state index contributed by atoms with van der Waals surface area (Å²) in [5.74, 6) is -15.5. The van der Waals surface area contributed by atoms with Gasteiger partial charge in [0.25, 0.3) is 20.2 Å². The molecule has 14 N–H and O–H groups in total. The van der Waals surface area contributed by atoms with Crippen LogP contribution in [0, 0.1) is 12.8 Å². The first-order valence-electron chi connectivity index (χ1n) is 37.6. The van der Waals surface area contributed by atoms with Gasteiger partial charge in [-0.1, -0.05) is 84.4 Å². The van der Waals surface area contributed by atoms with E-state index in [1.165, 1.54) is 36.1 Å². The predicted octanol–water partition coefficient (Wildman–Crippen LogP) is 4.13. The number of aryl methyl sites for hydroxylation is 1. The molecule has 2 aliphatic rings. The van der Waals surface area contributed by atoms with Gasteiger partial charge in [0, 0.05) is 92.6 Å². The summed E-state index contributed by atoms with van der Waals surface area (Å²) in [6, 6.07) is -2.24. The van der Waals surface area contributed by atoms with E-state index < -0.39 is 221 Å². The number of carboxylic acid groups (broad SMARTS) is 5. The predicted molar refractivity (Wildman–Crippen MR) is 417 cm³/mol. The molecule has 0 radical (unpaired) electrons. The summed E-state index contributed by atoms with van der Waals surface area (Å²) in [5, 5.41) is 64.7. The molecule has 7 atom stereocenters. The highest BCUT2D eigenvalue weighted by Crippen LogP contribution is 2.48. The van der Waals surface area contributed by atoms with Gasteiger partial charge in [-0.3, -0.25) is 81.2 Å². The molecule has 2 aliphatic heterocycles. The first-order valence-corrected chi connectivity index (χ1v) is 40.5. The van der Waals surface area contributed by atoms with Crippen molar-refractivity contribution in [2.45, 2.75) is 234 Å². The van der Waals surface area contributed by atoms with Gasteiger partial charge in [0.1, 0.15) is 42.9 Å². The van der Waals surface area contributed by atoms with Crippen LogP contribution in [0.4, 0.5) is 5.69 Å². The van der Waals surface area contributed by atoms with Gasteiger partial charge in [-0.15, -0.1) is 0 Å². The molecule has 8 amide bonds. The fraction of sp³-hybridized carbons (Fsp3) is 0.545. The summed E-state index contributed by atoms with van der Waals surface area (Å²) in [4.78, 5) is 189. The number of likely N-dealkylation sites (tertiary alicyclic amines) is 1.